The molecule has 0 unspecified atom stereocenters. The molecule has 2 aromatic rings. The van der Waals surface area contributed by atoms with E-state index in [9.17, 15) is 22.8 Å². The van der Waals surface area contributed by atoms with E-state index in [4.69, 9.17) is 4.74 Å². The highest BCUT2D eigenvalue weighted by molar-refractivity contribution is 9.11. The van der Waals surface area contributed by atoms with Crippen molar-refractivity contribution in [3.8, 4) is 5.75 Å². The summed E-state index contributed by atoms with van der Waals surface area (Å²) in [5.41, 5.74) is 2.24. The summed E-state index contributed by atoms with van der Waals surface area (Å²) in [4.78, 5) is 23.0. The Hall–Kier alpha value is -2.20. The van der Waals surface area contributed by atoms with E-state index in [0.717, 1.165) is 12.1 Å². The first-order valence-corrected chi connectivity index (χ1v) is 9.30. The van der Waals surface area contributed by atoms with Crippen molar-refractivity contribution in [2.24, 2.45) is 5.10 Å². The second-order valence-corrected chi connectivity index (χ2v) is 7.28. The lowest BCUT2D eigenvalue weighted by molar-refractivity contribution is -0.137. The van der Waals surface area contributed by atoms with Crippen molar-refractivity contribution >= 4 is 50.0 Å². The molecular weight excluding hydrogens is 509 g/mol. The average molecular weight is 522 g/mol. The van der Waals surface area contributed by atoms with Crippen LogP contribution in [0.3, 0.4) is 0 Å². The number of alkyl halides is 3. The van der Waals surface area contributed by atoms with Crippen LogP contribution in [-0.2, 0) is 22.2 Å². The van der Waals surface area contributed by atoms with Gasteiger partial charge in [-0.05, 0) is 61.2 Å². The Bertz CT molecular complexity index is 908. The monoisotopic (exact) mass is 520 g/mol. The topological polar surface area (TPSA) is 67.8 Å². The van der Waals surface area contributed by atoms with E-state index < -0.39 is 23.6 Å². The summed E-state index contributed by atoms with van der Waals surface area (Å²) in [7, 11) is 0. The van der Waals surface area contributed by atoms with Crippen molar-refractivity contribution in [3.63, 3.8) is 0 Å². The minimum absolute atomic E-state index is 0.221. The van der Waals surface area contributed by atoms with Crippen LogP contribution < -0.4 is 10.2 Å². The molecule has 0 saturated carbocycles. The molecule has 0 aliphatic carbocycles. The van der Waals surface area contributed by atoms with Crippen LogP contribution in [0.15, 0.2) is 50.4 Å². The van der Waals surface area contributed by atoms with E-state index in [1.54, 1.807) is 12.1 Å². The zero-order valence-corrected chi connectivity index (χ0v) is 17.5. The molecule has 0 spiro atoms. The molecule has 0 heterocycles. The molecule has 0 aliphatic heterocycles. The Morgan fingerprint density at radius 3 is 2.39 bits per heavy atom. The van der Waals surface area contributed by atoms with Gasteiger partial charge in [0.1, 0.15) is 0 Å². The molecule has 0 fully saturated rings. The summed E-state index contributed by atoms with van der Waals surface area (Å²) in [5, 5.41) is 3.79. The van der Waals surface area contributed by atoms with Gasteiger partial charge in [-0.1, -0.05) is 18.2 Å². The molecule has 1 N–H and O–H groups in total. The van der Waals surface area contributed by atoms with Gasteiger partial charge in [-0.15, -0.1) is 0 Å². The first kappa shape index (κ1) is 22.1. The molecular formula is C18H13Br2F3N2O3. The van der Waals surface area contributed by atoms with Gasteiger partial charge in [0.2, 0.25) is 5.91 Å². The number of carbonyl (C=O) groups is 2. The molecule has 2 aromatic carbocycles. The largest absolute Gasteiger partial charge is 0.424 e. The summed E-state index contributed by atoms with van der Waals surface area (Å²) in [6, 6.07) is 7.77. The number of halogens is 5. The van der Waals surface area contributed by atoms with Gasteiger partial charge in [-0.2, -0.15) is 18.3 Å². The van der Waals surface area contributed by atoms with Gasteiger partial charge in [0.25, 0.3) is 0 Å². The van der Waals surface area contributed by atoms with Crippen LogP contribution in [0.4, 0.5) is 13.2 Å². The van der Waals surface area contributed by atoms with Gasteiger partial charge in [-0.25, -0.2) is 5.43 Å². The number of ether oxygens (including phenoxy) is 1. The minimum Gasteiger partial charge on any atom is -0.424 e. The lowest BCUT2D eigenvalue weighted by atomic mass is 10.1. The Balaban J connectivity index is 2.01. The Kier molecular flexibility index (Phi) is 7.36. The normalized spacial score (nSPS) is 11.5. The lowest BCUT2D eigenvalue weighted by Crippen LogP contribution is -2.20. The van der Waals surface area contributed by atoms with Gasteiger partial charge < -0.3 is 4.74 Å². The number of benzene rings is 2. The average Bonchev–Trinajstić information content (AvgIpc) is 2.57. The first-order chi connectivity index (χ1) is 13.1. The molecule has 148 valence electrons. The third-order valence-corrected chi connectivity index (χ3v) is 4.47. The Labute approximate surface area is 175 Å². The van der Waals surface area contributed by atoms with Gasteiger partial charge >= 0.3 is 12.1 Å². The molecule has 0 radical (unpaired) electrons. The van der Waals surface area contributed by atoms with Gasteiger partial charge in [-0.3, -0.25) is 9.59 Å². The van der Waals surface area contributed by atoms with Crippen LogP contribution in [0.25, 0.3) is 0 Å². The molecule has 2 rings (SSSR count). The highest BCUT2D eigenvalue weighted by atomic mass is 79.9. The summed E-state index contributed by atoms with van der Waals surface area (Å²) < 4.78 is 44.1. The van der Waals surface area contributed by atoms with Crippen LogP contribution in [0.1, 0.15) is 23.6 Å². The van der Waals surface area contributed by atoms with Gasteiger partial charge in [0, 0.05) is 6.92 Å². The number of hydrogen-bond acceptors (Lipinski definition) is 4. The number of amides is 1. The molecule has 0 aliphatic rings. The van der Waals surface area contributed by atoms with Crippen LogP contribution in [-0.4, -0.2) is 18.1 Å². The summed E-state index contributed by atoms with van der Waals surface area (Å²) in [5.74, 6) is -0.742. The third-order valence-electron chi connectivity index (χ3n) is 3.29. The third kappa shape index (κ3) is 6.45. The smallest absolute Gasteiger partial charge is 0.416 e. The zero-order chi connectivity index (χ0) is 20.9. The Morgan fingerprint density at radius 1 is 1.18 bits per heavy atom. The SMILES string of the molecule is CC(=O)Oc1c(Br)cc(/C=N\NC(=O)Cc2cccc(C(F)(F)F)c2)cc1Br. The molecule has 0 saturated heterocycles. The van der Waals surface area contributed by atoms with E-state index in [1.807, 2.05) is 0 Å². The molecule has 0 aromatic heterocycles. The van der Waals surface area contributed by atoms with Gasteiger partial charge in [0.05, 0.1) is 27.1 Å². The number of nitrogens with one attached hydrogen (secondary N) is 1. The number of esters is 1. The number of rotatable bonds is 5. The summed E-state index contributed by atoms with van der Waals surface area (Å²) in [6.45, 7) is 1.27. The molecule has 28 heavy (non-hydrogen) atoms. The standard InChI is InChI=1S/C18H13Br2F3N2O3/c1-10(26)28-17-14(19)6-12(7-15(17)20)9-24-25-16(27)8-11-3-2-4-13(5-11)18(21,22)23/h2-7,9H,8H2,1H3,(H,25,27)/b24-9-. The highest BCUT2D eigenvalue weighted by Gasteiger charge is 2.30. The van der Waals surface area contributed by atoms with Crippen LogP contribution in [0.2, 0.25) is 0 Å². The molecule has 0 bridgehead atoms. The predicted molar refractivity (Wildman–Crippen MR) is 104 cm³/mol. The quantitative estimate of drug-likeness (QED) is 0.265. The van der Waals surface area contributed by atoms with E-state index in [-0.39, 0.29) is 12.0 Å². The number of hydrazone groups is 1. The van der Waals surface area contributed by atoms with Crippen molar-refractivity contribution < 1.29 is 27.5 Å². The van der Waals surface area contributed by atoms with E-state index in [2.05, 4.69) is 42.4 Å². The maximum atomic E-state index is 12.7. The maximum Gasteiger partial charge on any atom is 0.416 e. The van der Waals surface area contributed by atoms with E-state index in [1.165, 1.54) is 25.3 Å². The van der Waals surface area contributed by atoms with E-state index in [0.29, 0.717) is 20.3 Å². The maximum absolute atomic E-state index is 12.7. The van der Waals surface area contributed by atoms with Crippen LogP contribution >= 0.6 is 31.9 Å². The fraction of sp³-hybridized carbons (Fsp3) is 0.167. The molecule has 5 nitrogen and oxygen atoms in total. The van der Waals surface area contributed by atoms with Crippen LogP contribution in [0.5, 0.6) is 5.75 Å². The number of carbonyl (C=O) groups excluding carboxylic acids is 2. The lowest BCUT2D eigenvalue weighted by Gasteiger charge is -2.08. The van der Waals surface area contributed by atoms with Gasteiger partial charge in [0.15, 0.2) is 5.75 Å². The Morgan fingerprint density at radius 2 is 1.82 bits per heavy atom. The van der Waals surface area contributed by atoms with Crippen molar-refractivity contribution in [2.75, 3.05) is 0 Å². The van der Waals surface area contributed by atoms with Crippen molar-refractivity contribution in [3.05, 3.63) is 62.0 Å². The second-order valence-electron chi connectivity index (χ2n) is 5.58. The fourth-order valence-corrected chi connectivity index (χ4v) is 3.54. The predicted octanol–water partition coefficient (Wildman–Crippen LogP) is 4.85. The summed E-state index contributed by atoms with van der Waals surface area (Å²) >= 11 is 6.53. The molecule has 0 atom stereocenters. The van der Waals surface area contributed by atoms with Crippen molar-refractivity contribution in [1.29, 1.82) is 0 Å². The molecule has 1 amide bonds. The highest BCUT2D eigenvalue weighted by Crippen LogP contribution is 2.34. The second kappa shape index (κ2) is 9.33. The van der Waals surface area contributed by atoms with Crippen molar-refractivity contribution in [2.45, 2.75) is 19.5 Å². The van der Waals surface area contributed by atoms with Crippen LogP contribution in [0, 0.1) is 0 Å². The summed E-state index contributed by atoms with van der Waals surface area (Å²) in [6.07, 6.45) is -3.37. The molecule has 10 heteroatoms. The van der Waals surface area contributed by atoms with E-state index >= 15 is 0 Å². The minimum atomic E-state index is -4.47. The number of nitrogens with zero attached hydrogens (tertiary/aromatic N) is 1. The fourth-order valence-electron chi connectivity index (χ4n) is 2.16. The van der Waals surface area contributed by atoms with Crippen molar-refractivity contribution in [1.82, 2.24) is 5.43 Å². The zero-order valence-electron chi connectivity index (χ0n) is 14.3. The number of hydrogen-bond donors (Lipinski definition) is 1. The first-order valence-electron chi connectivity index (χ1n) is 7.72.